The lowest BCUT2D eigenvalue weighted by Gasteiger charge is -2.18. The van der Waals surface area contributed by atoms with Crippen molar-refractivity contribution in [3.8, 4) is 0 Å². The van der Waals surface area contributed by atoms with Crippen molar-refractivity contribution < 1.29 is 32.1 Å². The summed E-state index contributed by atoms with van der Waals surface area (Å²) in [6, 6.07) is 10.7. The summed E-state index contributed by atoms with van der Waals surface area (Å²) in [5.74, 6) is -1.85. The highest BCUT2D eigenvalue weighted by atomic mass is 32.2. The van der Waals surface area contributed by atoms with Gasteiger partial charge in [0, 0.05) is 10.6 Å². The average molecular weight is 428 g/mol. The zero-order chi connectivity index (χ0) is 21.6. The lowest BCUT2D eigenvalue weighted by Crippen LogP contribution is -2.46. The predicted molar refractivity (Wildman–Crippen MR) is 99.9 cm³/mol. The molecule has 0 spiro atoms. The third-order valence-corrected chi connectivity index (χ3v) is 5.46. The Morgan fingerprint density at radius 2 is 1.66 bits per heavy atom. The molecule has 2 amide bonds. The van der Waals surface area contributed by atoms with Crippen molar-refractivity contribution in [1.29, 1.82) is 0 Å². The van der Waals surface area contributed by atoms with Crippen LogP contribution in [-0.2, 0) is 26.6 Å². The SMILES string of the molecule is NC(=O)[C@@H](CC[S@@](=O)c1ccccc1)NC(=O)[C@H](O)c1ccc(C(F)(F)F)cc1. The summed E-state index contributed by atoms with van der Waals surface area (Å²) in [7, 11) is -1.42. The molecule has 0 radical (unpaired) electrons. The van der Waals surface area contributed by atoms with Gasteiger partial charge in [0.05, 0.1) is 16.4 Å². The van der Waals surface area contributed by atoms with Crippen molar-refractivity contribution in [2.75, 3.05) is 5.75 Å². The van der Waals surface area contributed by atoms with Crippen LogP contribution in [0.25, 0.3) is 0 Å². The van der Waals surface area contributed by atoms with Crippen LogP contribution < -0.4 is 11.1 Å². The first-order valence-corrected chi connectivity index (χ1v) is 9.80. The molecule has 3 atom stereocenters. The molecule has 0 saturated carbocycles. The maximum atomic E-state index is 12.6. The van der Waals surface area contributed by atoms with Crippen LogP contribution in [0.1, 0.15) is 23.7 Å². The number of benzene rings is 2. The molecule has 2 aromatic carbocycles. The van der Waals surface area contributed by atoms with E-state index < -0.39 is 46.5 Å². The summed E-state index contributed by atoms with van der Waals surface area (Å²) < 4.78 is 50.0. The van der Waals surface area contributed by atoms with Gasteiger partial charge < -0.3 is 16.2 Å². The number of hydrogen-bond donors (Lipinski definition) is 3. The molecule has 0 aromatic heterocycles. The summed E-state index contributed by atoms with van der Waals surface area (Å²) in [6.45, 7) is 0. The molecule has 0 bridgehead atoms. The van der Waals surface area contributed by atoms with E-state index in [1.54, 1.807) is 30.3 Å². The molecule has 0 aliphatic heterocycles. The van der Waals surface area contributed by atoms with Crippen LogP contribution >= 0.6 is 0 Å². The van der Waals surface area contributed by atoms with Crippen molar-refractivity contribution in [2.45, 2.75) is 29.6 Å². The van der Waals surface area contributed by atoms with Gasteiger partial charge in [-0.3, -0.25) is 13.8 Å². The van der Waals surface area contributed by atoms with Crippen LogP contribution in [0, 0.1) is 0 Å². The molecule has 0 fully saturated rings. The number of amides is 2. The molecule has 0 aliphatic rings. The number of carbonyl (C=O) groups is 2. The normalized spacial score (nSPS) is 14.6. The van der Waals surface area contributed by atoms with E-state index in [1.165, 1.54) is 0 Å². The highest BCUT2D eigenvalue weighted by Crippen LogP contribution is 2.30. The summed E-state index contributed by atoms with van der Waals surface area (Å²) in [5.41, 5.74) is 4.26. The Morgan fingerprint density at radius 3 is 2.17 bits per heavy atom. The molecule has 4 N–H and O–H groups in total. The van der Waals surface area contributed by atoms with E-state index in [0.717, 1.165) is 24.3 Å². The fourth-order valence-electron chi connectivity index (χ4n) is 2.46. The quantitative estimate of drug-likeness (QED) is 0.597. The number of nitrogens with one attached hydrogen (secondary N) is 1. The van der Waals surface area contributed by atoms with Crippen LogP contribution in [0.4, 0.5) is 13.2 Å². The third-order valence-electron chi connectivity index (χ3n) is 4.06. The smallest absolute Gasteiger partial charge is 0.378 e. The number of aliphatic hydroxyl groups excluding tert-OH is 1. The van der Waals surface area contributed by atoms with Crippen molar-refractivity contribution in [3.05, 3.63) is 65.7 Å². The number of aliphatic hydroxyl groups is 1. The van der Waals surface area contributed by atoms with E-state index in [-0.39, 0.29) is 17.7 Å². The Balaban J connectivity index is 1.99. The molecule has 2 rings (SSSR count). The minimum atomic E-state index is -4.54. The molecule has 6 nitrogen and oxygen atoms in total. The number of hydrogen-bond acceptors (Lipinski definition) is 4. The molecule has 156 valence electrons. The Bertz CT molecular complexity index is 873. The van der Waals surface area contributed by atoms with Crippen LogP contribution in [0.15, 0.2) is 59.5 Å². The fraction of sp³-hybridized carbons (Fsp3) is 0.263. The standard InChI is InChI=1S/C19H19F3N2O4S/c20-19(21,22)13-8-6-12(7-9-13)16(25)18(27)24-15(17(23)26)10-11-29(28)14-4-2-1-3-5-14/h1-9,15-16,25H,10-11H2,(H2,23,26)(H,24,27)/t15-,16-,29-/m1/s1. The number of halogens is 3. The average Bonchev–Trinajstić information content (AvgIpc) is 2.70. The Kier molecular flexibility index (Phi) is 7.52. The van der Waals surface area contributed by atoms with Gasteiger partial charge in [0.1, 0.15) is 6.04 Å². The maximum absolute atomic E-state index is 12.6. The summed E-state index contributed by atoms with van der Waals surface area (Å²) in [5, 5.41) is 12.3. The van der Waals surface area contributed by atoms with Gasteiger partial charge >= 0.3 is 6.18 Å². The van der Waals surface area contributed by atoms with Crippen LogP contribution in [-0.4, -0.2) is 32.9 Å². The zero-order valence-corrected chi connectivity index (χ0v) is 15.9. The second kappa shape index (κ2) is 9.66. The van der Waals surface area contributed by atoms with Crippen molar-refractivity contribution in [3.63, 3.8) is 0 Å². The van der Waals surface area contributed by atoms with Crippen molar-refractivity contribution >= 4 is 22.6 Å². The lowest BCUT2D eigenvalue weighted by molar-refractivity contribution is -0.137. The van der Waals surface area contributed by atoms with E-state index in [0.29, 0.717) is 4.90 Å². The molecule has 0 saturated heterocycles. The van der Waals surface area contributed by atoms with Gasteiger partial charge in [0.2, 0.25) is 5.91 Å². The van der Waals surface area contributed by atoms with Gasteiger partial charge in [-0.25, -0.2) is 0 Å². The number of primary amides is 1. The zero-order valence-electron chi connectivity index (χ0n) is 15.1. The van der Waals surface area contributed by atoms with Gasteiger partial charge in [-0.2, -0.15) is 13.2 Å². The summed E-state index contributed by atoms with van der Waals surface area (Å²) >= 11 is 0. The number of rotatable bonds is 8. The first-order chi connectivity index (χ1) is 13.6. The van der Waals surface area contributed by atoms with E-state index in [2.05, 4.69) is 5.32 Å². The largest absolute Gasteiger partial charge is 0.416 e. The van der Waals surface area contributed by atoms with Crippen LogP contribution in [0.3, 0.4) is 0 Å². The topological polar surface area (TPSA) is 109 Å². The minimum Gasteiger partial charge on any atom is -0.378 e. The second-order valence-electron chi connectivity index (χ2n) is 6.14. The number of carbonyl (C=O) groups excluding carboxylic acids is 2. The monoisotopic (exact) mass is 428 g/mol. The van der Waals surface area contributed by atoms with Crippen LogP contribution in [0.2, 0.25) is 0 Å². The minimum absolute atomic E-state index is 0.0360. The molecule has 29 heavy (non-hydrogen) atoms. The van der Waals surface area contributed by atoms with E-state index in [4.69, 9.17) is 5.73 Å². The van der Waals surface area contributed by atoms with E-state index >= 15 is 0 Å². The van der Waals surface area contributed by atoms with Gasteiger partial charge in [0.15, 0.2) is 6.10 Å². The lowest BCUT2D eigenvalue weighted by atomic mass is 10.1. The number of nitrogens with two attached hydrogens (primary N) is 1. The van der Waals surface area contributed by atoms with Gasteiger partial charge in [0.25, 0.3) is 5.91 Å². The molecule has 0 aliphatic carbocycles. The molecule has 2 aromatic rings. The van der Waals surface area contributed by atoms with Crippen molar-refractivity contribution in [2.24, 2.45) is 5.73 Å². The summed E-state index contributed by atoms with van der Waals surface area (Å²) in [6.07, 6.45) is -6.38. The summed E-state index contributed by atoms with van der Waals surface area (Å²) in [4.78, 5) is 24.3. The Morgan fingerprint density at radius 1 is 1.07 bits per heavy atom. The highest BCUT2D eigenvalue weighted by Gasteiger charge is 2.31. The first kappa shape index (κ1) is 22.6. The van der Waals surface area contributed by atoms with E-state index in [1.807, 2.05) is 0 Å². The van der Waals surface area contributed by atoms with Crippen LogP contribution in [0.5, 0.6) is 0 Å². The molecule has 0 unspecified atom stereocenters. The van der Waals surface area contributed by atoms with Gasteiger partial charge in [-0.1, -0.05) is 30.3 Å². The maximum Gasteiger partial charge on any atom is 0.416 e. The van der Waals surface area contributed by atoms with Crippen molar-refractivity contribution in [1.82, 2.24) is 5.32 Å². The highest BCUT2D eigenvalue weighted by molar-refractivity contribution is 7.85. The molecular weight excluding hydrogens is 409 g/mol. The van der Waals surface area contributed by atoms with E-state index in [9.17, 15) is 32.1 Å². The van der Waals surface area contributed by atoms with Gasteiger partial charge in [-0.15, -0.1) is 0 Å². The molecular formula is C19H19F3N2O4S. The number of alkyl halides is 3. The predicted octanol–water partition coefficient (Wildman–Crippen LogP) is 1.91. The second-order valence-corrected chi connectivity index (χ2v) is 7.71. The Labute approximate surface area is 167 Å². The molecule has 10 heteroatoms. The molecule has 0 heterocycles. The third kappa shape index (κ3) is 6.40. The first-order valence-electron chi connectivity index (χ1n) is 8.48. The van der Waals surface area contributed by atoms with Gasteiger partial charge in [-0.05, 0) is 36.2 Å². The fourth-order valence-corrected chi connectivity index (χ4v) is 3.60. The Hall–Kier alpha value is -2.72.